The number of anilines is 2. The van der Waals surface area contributed by atoms with Crippen molar-refractivity contribution in [3.8, 4) is 0 Å². The largest absolute Gasteiger partial charge is 0.383 e. The lowest BCUT2D eigenvalue weighted by atomic mass is 10.3. The predicted molar refractivity (Wildman–Crippen MR) is 64.7 cm³/mol. The number of hydrogen-bond donors (Lipinski definition) is 1. The van der Waals surface area contributed by atoms with Gasteiger partial charge in [-0.3, -0.25) is 0 Å². The first-order valence-electron chi connectivity index (χ1n) is 5.06. The fraction of sp³-hybridized carbons (Fsp3) is 0.600. The summed E-state index contributed by atoms with van der Waals surface area (Å²) in [4.78, 5) is 10.3. The van der Waals surface area contributed by atoms with Gasteiger partial charge in [0.05, 0.1) is 0 Å². The molecule has 4 nitrogen and oxygen atoms in total. The van der Waals surface area contributed by atoms with Gasteiger partial charge >= 0.3 is 0 Å². The quantitative estimate of drug-likeness (QED) is 0.912. The van der Waals surface area contributed by atoms with Gasteiger partial charge in [0.1, 0.15) is 22.4 Å². The average molecular weight is 271 g/mol. The lowest BCUT2D eigenvalue weighted by molar-refractivity contribution is 0.718. The Morgan fingerprint density at radius 3 is 2.87 bits per heavy atom. The van der Waals surface area contributed by atoms with E-state index in [1.165, 1.54) is 12.7 Å². The maximum absolute atomic E-state index is 5.71. The maximum Gasteiger partial charge on any atom is 0.148 e. The molecule has 82 valence electrons. The minimum Gasteiger partial charge on any atom is -0.383 e. The highest BCUT2D eigenvalue weighted by atomic mass is 79.9. The fourth-order valence-corrected chi connectivity index (χ4v) is 2.24. The minimum atomic E-state index is 0.496. The van der Waals surface area contributed by atoms with E-state index in [9.17, 15) is 0 Å². The Hall–Kier alpha value is -0.840. The SMILES string of the molecule is CC1CC1CN(C)c1ncnc(N)c1Br. The summed E-state index contributed by atoms with van der Waals surface area (Å²) in [6.45, 7) is 3.32. The number of nitrogens with two attached hydrogens (primary N) is 1. The van der Waals surface area contributed by atoms with Crippen molar-refractivity contribution in [1.29, 1.82) is 0 Å². The van der Waals surface area contributed by atoms with E-state index in [0.29, 0.717) is 5.82 Å². The number of nitrogen functional groups attached to an aromatic ring is 1. The maximum atomic E-state index is 5.71. The molecule has 2 atom stereocenters. The second kappa shape index (κ2) is 3.96. The van der Waals surface area contributed by atoms with E-state index in [0.717, 1.165) is 28.7 Å². The summed E-state index contributed by atoms with van der Waals surface area (Å²) < 4.78 is 0.792. The number of aromatic nitrogens is 2. The van der Waals surface area contributed by atoms with Gasteiger partial charge < -0.3 is 10.6 Å². The van der Waals surface area contributed by atoms with Crippen LogP contribution in [0.25, 0.3) is 0 Å². The number of hydrogen-bond acceptors (Lipinski definition) is 4. The monoisotopic (exact) mass is 270 g/mol. The molecule has 0 spiro atoms. The van der Waals surface area contributed by atoms with E-state index in [1.54, 1.807) is 0 Å². The molecule has 2 unspecified atom stereocenters. The Bertz CT molecular complexity index is 368. The van der Waals surface area contributed by atoms with Crippen LogP contribution in [0.4, 0.5) is 11.6 Å². The summed E-state index contributed by atoms with van der Waals surface area (Å²) in [5, 5.41) is 0. The molecule has 0 radical (unpaired) electrons. The molecule has 15 heavy (non-hydrogen) atoms. The van der Waals surface area contributed by atoms with Crippen molar-refractivity contribution in [3.05, 3.63) is 10.8 Å². The highest BCUT2D eigenvalue weighted by Gasteiger charge is 2.33. The standard InChI is InChI=1S/C10H15BrN4/c1-6-3-7(6)4-15(2)10-8(11)9(12)13-5-14-10/h5-7H,3-4H2,1-2H3,(H2,12,13,14). The third-order valence-corrected chi connectivity index (χ3v) is 3.71. The van der Waals surface area contributed by atoms with Gasteiger partial charge in [0.2, 0.25) is 0 Å². The molecule has 0 aromatic carbocycles. The Kier molecular flexibility index (Phi) is 2.82. The van der Waals surface area contributed by atoms with Gasteiger partial charge in [0, 0.05) is 13.6 Å². The fourth-order valence-electron chi connectivity index (χ4n) is 1.73. The molecule has 1 aromatic heterocycles. The Balaban J connectivity index is 2.11. The van der Waals surface area contributed by atoms with E-state index in [1.807, 2.05) is 7.05 Å². The first-order valence-corrected chi connectivity index (χ1v) is 5.86. The number of halogens is 1. The summed E-state index contributed by atoms with van der Waals surface area (Å²) >= 11 is 3.41. The van der Waals surface area contributed by atoms with E-state index >= 15 is 0 Å². The highest BCUT2D eigenvalue weighted by molar-refractivity contribution is 9.10. The molecule has 2 rings (SSSR count). The summed E-state index contributed by atoms with van der Waals surface area (Å²) in [6.07, 6.45) is 2.82. The van der Waals surface area contributed by atoms with Crippen LogP contribution in [0, 0.1) is 11.8 Å². The molecule has 1 aromatic rings. The summed E-state index contributed by atoms with van der Waals surface area (Å²) in [5.74, 6) is 3.03. The molecular weight excluding hydrogens is 256 g/mol. The predicted octanol–water partition coefficient (Wildman–Crippen LogP) is 1.91. The van der Waals surface area contributed by atoms with Crippen LogP contribution in [0.5, 0.6) is 0 Å². The van der Waals surface area contributed by atoms with Gasteiger partial charge in [-0.15, -0.1) is 0 Å². The molecule has 1 saturated carbocycles. The van der Waals surface area contributed by atoms with Crippen molar-refractivity contribution in [3.63, 3.8) is 0 Å². The van der Waals surface area contributed by atoms with Gasteiger partial charge in [-0.1, -0.05) is 6.92 Å². The first-order chi connectivity index (χ1) is 7.09. The van der Waals surface area contributed by atoms with E-state index in [-0.39, 0.29) is 0 Å². The molecule has 1 aliphatic carbocycles. The van der Waals surface area contributed by atoms with Crippen LogP contribution in [-0.4, -0.2) is 23.6 Å². The molecule has 1 heterocycles. The number of rotatable bonds is 3. The summed E-state index contributed by atoms with van der Waals surface area (Å²) in [5.41, 5.74) is 5.71. The molecule has 0 amide bonds. The van der Waals surface area contributed by atoms with Crippen molar-refractivity contribution in [2.24, 2.45) is 11.8 Å². The van der Waals surface area contributed by atoms with Crippen LogP contribution >= 0.6 is 15.9 Å². The average Bonchev–Trinajstić information content (AvgIpc) is 2.86. The van der Waals surface area contributed by atoms with Crippen molar-refractivity contribution in [2.75, 3.05) is 24.2 Å². The van der Waals surface area contributed by atoms with Crippen molar-refractivity contribution in [1.82, 2.24) is 9.97 Å². The van der Waals surface area contributed by atoms with Crippen LogP contribution in [0.15, 0.2) is 10.8 Å². The zero-order valence-electron chi connectivity index (χ0n) is 8.94. The minimum absolute atomic E-state index is 0.496. The zero-order chi connectivity index (χ0) is 11.0. The lowest BCUT2D eigenvalue weighted by Crippen LogP contribution is -2.22. The molecule has 1 fully saturated rings. The Morgan fingerprint density at radius 2 is 2.27 bits per heavy atom. The topological polar surface area (TPSA) is 55.0 Å². The second-order valence-corrected chi connectivity index (χ2v) is 5.04. The van der Waals surface area contributed by atoms with Crippen LogP contribution < -0.4 is 10.6 Å². The molecule has 5 heteroatoms. The molecular formula is C10H15BrN4. The molecule has 0 saturated heterocycles. The molecule has 0 bridgehead atoms. The summed E-state index contributed by atoms with van der Waals surface area (Å²) in [6, 6.07) is 0. The smallest absolute Gasteiger partial charge is 0.148 e. The zero-order valence-corrected chi connectivity index (χ0v) is 10.5. The summed E-state index contributed by atoms with van der Waals surface area (Å²) in [7, 11) is 2.04. The van der Waals surface area contributed by atoms with Crippen LogP contribution in [-0.2, 0) is 0 Å². The van der Waals surface area contributed by atoms with Gasteiger partial charge in [-0.05, 0) is 34.2 Å². The second-order valence-electron chi connectivity index (χ2n) is 4.25. The van der Waals surface area contributed by atoms with Gasteiger partial charge in [0.25, 0.3) is 0 Å². The lowest BCUT2D eigenvalue weighted by Gasteiger charge is -2.19. The van der Waals surface area contributed by atoms with E-state index in [4.69, 9.17) is 5.73 Å². The van der Waals surface area contributed by atoms with Gasteiger partial charge in [0.15, 0.2) is 0 Å². The normalized spacial score (nSPS) is 23.9. The first kappa shape index (κ1) is 10.7. The molecule has 0 aliphatic heterocycles. The third-order valence-electron chi connectivity index (χ3n) is 2.94. The van der Waals surface area contributed by atoms with Crippen molar-refractivity contribution >= 4 is 27.6 Å². The molecule has 1 aliphatic rings. The van der Waals surface area contributed by atoms with Crippen LogP contribution in [0.1, 0.15) is 13.3 Å². The Morgan fingerprint density at radius 1 is 1.60 bits per heavy atom. The van der Waals surface area contributed by atoms with Crippen molar-refractivity contribution in [2.45, 2.75) is 13.3 Å². The van der Waals surface area contributed by atoms with Gasteiger partial charge in [-0.25, -0.2) is 9.97 Å². The van der Waals surface area contributed by atoms with E-state index in [2.05, 4.69) is 37.7 Å². The third kappa shape index (κ3) is 2.22. The van der Waals surface area contributed by atoms with Gasteiger partial charge in [-0.2, -0.15) is 0 Å². The Labute approximate surface area is 98.0 Å². The number of nitrogens with zero attached hydrogens (tertiary/aromatic N) is 3. The van der Waals surface area contributed by atoms with Crippen molar-refractivity contribution < 1.29 is 0 Å². The highest BCUT2D eigenvalue weighted by Crippen LogP contribution is 2.39. The van der Waals surface area contributed by atoms with Crippen LogP contribution in [0.2, 0.25) is 0 Å². The van der Waals surface area contributed by atoms with Crippen LogP contribution in [0.3, 0.4) is 0 Å². The molecule has 2 N–H and O–H groups in total. The van der Waals surface area contributed by atoms with E-state index < -0.39 is 0 Å².